The third-order valence-corrected chi connectivity index (χ3v) is 5.62. The number of hydrogen-bond donors (Lipinski definition) is 0. The van der Waals surface area contributed by atoms with E-state index < -0.39 is 11.9 Å². The minimum Gasteiger partial charge on any atom is -0.338 e. The van der Waals surface area contributed by atoms with Crippen LogP contribution in [0.15, 0.2) is 6.07 Å². The Bertz CT molecular complexity index is 728. The predicted octanol–water partition coefficient (Wildman–Crippen LogP) is 4.06. The molecule has 126 valence electrons. The number of amides is 1. The van der Waals surface area contributed by atoms with E-state index in [-0.39, 0.29) is 17.3 Å². The highest BCUT2D eigenvalue weighted by atomic mass is 32.1. The third kappa shape index (κ3) is 2.96. The van der Waals surface area contributed by atoms with Crippen LogP contribution in [0.2, 0.25) is 0 Å². The third-order valence-electron chi connectivity index (χ3n) is 4.43. The molecule has 1 saturated carbocycles. The second kappa shape index (κ2) is 5.81. The number of aromatic nitrogens is 2. The average molecular weight is 345 g/mol. The van der Waals surface area contributed by atoms with E-state index >= 15 is 0 Å². The van der Waals surface area contributed by atoms with E-state index in [1.165, 1.54) is 24.2 Å². The molecule has 1 amide bonds. The second-order valence-electron chi connectivity index (χ2n) is 6.01. The van der Waals surface area contributed by atoms with E-state index in [0.717, 1.165) is 37.0 Å². The first kappa shape index (κ1) is 16.3. The van der Waals surface area contributed by atoms with Gasteiger partial charge in [0.25, 0.3) is 5.91 Å². The van der Waals surface area contributed by atoms with Gasteiger partial charge in [-0.2, -0.15) is 18.3 Å². The summed E-state index contributed by atoms with van der Waals surface area (Å²) in [5, 5.41) is 3.54. The van der Waals surface area contributed by atoms with Crippen molar-refractivity contribution in [2.24, 2.45) is 7.05 Å². The zero-order valence-corrected chi connectivity index (χ0v) is 13.8. The van der Waals surface area contributed by atoms with Gasteiger partial charge < -0.3 is 4.90 Å². The SMILES string of the molecule is CN(C(=O)c1cc2c(C(F)(F)F)nn(C)c2s1)C1CCCCC1. The quantitative estimate of drug-likeness (QED) is 0.823. The van der Waals surface area contributed by atoms with Crippen molar-refractivity contribution >= 4 is 27.5 Å². The summed E-state index contributed by atoms with van der Waals surface area (Å²) in [6.07, 6.45) is 0.775. The molecule has 4 nitrogen and oxygen atoms in total. The summed E-state index contributed by atoms with van der Waals surface area (Å²) in [7, 11) is 3.21. The summed E-state index contributed by atoms with van der Waals surface area (Å²) in [6.45, 7) is 0. The summed E-state index contributed by atoms with van der Waals surface area (Å²) in [5.41, 5.74) is -0.925. The van der Waals surface area contributed by atoms with E-state index in [0.29, 0.717) is 9.71 Å². The number of alkyl halides is 3. The van der Waals surface area contributed by atoms with E-state index in [1.807, 2.05) is 0 Å². The highest BCUT2D eigenvalue weighted by molar-refractivity contribution is 7.20. The molecule has 0 unspecified atom stereocenters. The molecule has 0 bridgehead atoms. The van der Waals surface area contributed by atoms with Crippen LogP contribution in [0.4, 0.5) is 13.2 Å². The lowest BCUT2D eigenvalue weighted by Crippen LogP contribution is -2.37. The van der Waals surface area contributed by atoms with Crippen molar-refractivity contribution in [3.8, 4) is 0 Å². The molecule has 0 saturated heterocycles. The number of thiophene rings is 1. The molecule has 1 aliphatic carbocycles. The number of halogens is 3. The van der Waals surface area contributed by atoms with Crippen LogP contribution >= 0.6 is 11.3 Å². The Morgan fingerprint density at radius 1 is 1.35 bits per heavy atom. The van der Waals surface area contributed by atoms with Crippen LogP contribution in [0, 0.1) is 0 Å². The van der Waals surface area contributed by atoms with Gasteiger partial charge in [0, 0.05) is 25.5 Å². The lowest BCUT2D eigenvalue weighted by atomic mass is 9.94. The first-order chi connectivity index (χ1) is 10.8. The minimum absolute atomic E-state index is 0.00499. The fraction of sp³-hybridized carbons (Fsp3) is 0.600. The molecule has 0 aromatic carbocycles. The van der Waals surface area contributed by atoms with Gasteiger partial charge in [0.2, 0.25) is 0 Å². The van der Waals surface area contributed by atoms with E-state index in [2.05, 4.69) is 5.10 Å². The van der Waals surface area contributed by atoms with Crippen LogP contribution in [0.5, 0.6) is 0 Å². The van der Waals surface area contributed by atoms with Crippen molar-refractivity contribution in [3.63, 3.8) is 0 Å². The van der Waals surface area contributed by atoms with Crippen LogP contribution in [0.25, 0.3) is 10.2 Å². The number of fused-ring (bicyclic) bond motifs is 1. The summed E-state index contributed by atoms with van der Waals surface area (Å²) < 4.78 is 40.3. The molecular formula is C15H18F3N3OS. The average Bonchev–Trinajstić information content (AvgIpc) is 3.07. The number of carbonyl (C=O) groups excluding carboxylic acids is 1. The minimum atomic E-state index is -4.52. The van der Waals surface area contributed by atoms with Crippen molar-refractivity contribution in [2.45, 2.75) is 44.3 Å². The summed E-state index contributed by atoms with van der Waals surface area (Å²) in [6, 6.07) is 1.51. The number of nitrogens with zero attached hydrogens (tertiary/aromatic N) is 3. The fourth-order valence-corrected chi connectivity index (χ4v) is 4.22. The molecule has 0 radical (unpaired) electrons. The molecule has 2 aromatic heterocycles. The topological polar surface area (TPSA) is 38.1 Å². The van der Waals surface area contributed by atoms with Crippen molar-refractivity contribution in [1.82, 2.24) is 14.7 Å². The standard InChI is InChI=1S/C15H18F3N3OS/c1-20(9-6-4-3-5-7-9)13(22)11-8-10-12(15(16,17)18)19-21(2)14(10)23-11/h8-9H,3-7H2,1-2H3. The van der Waals surface area contributed by atoms with Crippen LogP contribution < -0.4 is 0 Å². The van der Waals surface area contributed by atoms with Gasteiger partial charge in [0.15, 0.2) is 5.69 Å². The largest absolute Gasteiger partial charge is 0.435 e. The lowest BCUT2D eigenvalue weighted by molar-refractivity contribution is -0.140. The zero-order valence-electron chi connectivity index (χ0n) is 13.0. The van der Waals surface area contributed by atoms with Crippen LogP contribution in [0.3, 0.4) is 0 Å². The van der Waals surface area contributed by atoms with Gasteiger partial charge in [0.05, 0.1) is 4.88 Å². The Balaban J connectivity index is 1.92. The summed E-state index contributed by atoms with van der Waals surface area (Å²) in [5.74, 6) is -0.203. The van der Waals surface area contributed by atoms with Gasteiger partial charge in [-0.3, -0.25) is 9.48 Å². The van der Waals surface area contributed by atoms with Gasteiger partial charge in [-0.25, -0.2) is 0 Å². The van der Waals surface area contributed by atoms with Crippen LogP contribution in [-0.2, 0) is 13.2 Å². The van der Waals surface area contributed by atoms with E-state index in [4.69, 9.17) is 0 Å². The lowest BCUT2D eigenvalue weighted by Gasteiger charge is -2.30. The smallest absolute Gasteiger partial charge is 0.338 e. The summed E-state index contributed by atoms with van der Waals surface area (Å²) >= 11 is 1.07. The molecule has 1 fully saturated rings. The van der Waals surface area contributed by atoms with Gasteiger partial charge in [0.1, 0.15) is 4.83 Å². The predicted molar refractivity (Wildman–Crippen MR) is 82.6 cm³/mol. The van der Waals surface area contributed by atoms with E-state index in [1.54, 1.807) is 11.9 Å². The van der Waals surface area contributed by atoms with Gasteiger partial charge in [-0.15, -0.1) is 11.3 Å². The molecule has 0 spiro atoms. The Morgan fingerprint density at radius 3 is 2.61 bits per heavy atom. The Labute approximate surface area is 135 Å². The molecule has 2 aromatic rings. The summed E-state index contributed by atoms with van der Waals surface area (Å²) in [4.78, 5) is 15.0. The highest BCUT2D eigenvalue weighted by Crippen LogP contribution is 2.38. The number of hydrogen-bond acceptors (Lipinski definition) is 3. The number of carbonyl (C=O) groups is 1. The Kier molecular flexibility index (Phi) is 4.12. The maximum Gasteiger partial charge on any atom is 0.435 e. The fourth-order valence-electron chi connectivity index (χ4n) is 3.16. The number of rotatable bonds is 2. The first-order valence-electron chi connectivity index (χ1n) is 7.60. The maximum atomic E-state index is 13.0. The molecule has 8 heteroatoms. The molecule has 1 aliphatic rings. The number of aryl methyl sites for hydroxylation is 1. The highest BCUT2D eigenvalue weighted by Gasteiger charge is 2.38. The molecule has 0 aliphatic heterocycles. The molecule has 23 heavy (non-hydrogen) atoms. The second-order valence-corrected chi connectivity index (χ2v) is 7.04. The molecule has 2 heterocycles. The van der Waals surface area contributed by atoms with Crippen molar-refractivity contribution in [3.05, 3.63) is 16.6 Å². The van der Waals surface area contributed by atoms with Crippen LogP contribution in [0.1, 0.15) is 47.5 Å². The maximum absolute atomic E-state index is 13.0. The molecule has 0 atom stereocenters. The Hall–Kier alpha value is -1.57. The normalized spacial score (nSPS) is 16.9. The zero-order chi connectivity index (χ0) is 16.8. The van der Waals surface area contributed by atoms with Gasteiger partial charge in [-0.05, 0) is 18.9 Å². The first-order valence-corrected chi connectivity index (χ1v) is 8.41. The Morgan fingerprint density at radius 2 is 2.00 bits per heavy atom. The van der Waals surface area contributed by atoms with Crippen molar-refractivity contribution in [1.29, 1.82) is 0 Å². The van der Waals surface area contributed by atoms with Crippen molar-refractivity contribution < 1.29 is 18.0 Å². The molecule has 3 rings (SSSR count). The molecule has 0 N–H and O–H groups in total. The van der Waals surface area contributed by atoms with Crippen molar-refractivity contribution in [2.75, 3.05) is 7.05 Å². The molecular weight excluding hydrogens is 327 g/mol. The monoisotopic (exact) mass is 345 g/mol. The van der Waals surface area contributed by atoms with Gasteiger partial charge in [-0.1, -0.05) is 19.3 Å². The van der Waals surface area contributed by atoms with E-state index in [9.17, 15) is 18.0 Å². The van der Waals surface area contributed by atoms with Crippen LogP contribution in [-0.4, -0.2) is 33.7 Å². The van der Waals surface area contributed by atoms with Gasteiger partial charge >= 0.3 is 6.18 Å².